The van der Waals surface area contributed by atoms with Crippen LogP contribution in [0.5, 0.6) is 5.75 Å². The molecule has 1 atom stereocenters. The molecule has 0 radical (unpaired) electrons. The largest absolute Gasteiger partial charge is 0.497 e. The Labute approximate surface area is 116 Å². The van der Waals surface area contributed by atoms with Gasteiger partial charge in [-0.3, -0.25) is 0 Å². The summed E-state index contributed by atoms with van der Waals surface area (Å²) >= 11 is 0. The van der Waals surface area contributed by atoms with Crippen LogP contribution in [0.1, 0.15) is 39.2 Å². The first-order chi connectivity index (χ1) is 8.93. The molecule has 0 heterocycles. The first-order valence-electron chi connectivity index (χ1n) is 6.62. The summed E-state index contributed by atoms with van der Waals surface area (Å²) in [5.41, 5.74) is 1.57. The Morgan fingerprint density at radius 2 is 1.89 bits per heavy atom. The molecule has 0 saturated carbocycles. The van der Waals surface area contributed by atoms with Crippen molar-refractivity contribution >= 4 is 6.08 Å². The van der Waals surface area contributed by atoms with Crippen LogP contribution in [-0.2, 0) is 0 Å². The summed E-state index contributed by atoms with van der Waals surface area (Å²) in [4.78, 5) is 0. The van der Waals surface area contributed by atoms with E-state index in [2.05, 4.69) is 19.9 Å². The average molecular weight is 260 g/mol. The molecule has 1 unspecified atom stereocenters. The van der Waals surface area contributed by atoms with Gasteiger partial charge in [0.05, 0.1) is 12.7 Å². The predicted molar refractivity (Wildman–Crippen MR) is 81.3 cm³/mol. The number of ether oxygens (including phenoxy) is 1. The number of hydrogen-bond acceptors (Lipinski definition) is 2. The molecule has 2 heteroatoms. The van der Waals surface area contributed by atoms with E-state index in [4.69, 9.17) is 4.74 Å². The van der Waals surface area contributed by atoms with Gasteiger partial charge in [0, 0.05) is 0 Å². The molecule has 0 fully saturated rings. The summed E-state index contributed by atoms with van der Waals surface area (Å²) in [7, 11) is 1.65. The van der Waals surface area contributed by atoms with Crippen LogP contribution in [0.3, 0.4) is 0 Å². The summed E-state index contributed by atoms with van der Waals surface area (Å²) in [5, 5.41) is 10.2. The third-order valence-electron chi connectivity index (χ3n) is 2.95. The van der Waals surface area contributed by atoms with Crippen molar-refractivity contribution in [2.45, 2.75) is 39.2 Å². The highest BCUT2D eigenvalue weighted by atomic mass is 16.5. The van der Waals surface area contributed by atoms with E-state index in [-0.39, 0.29) is 0 Å². The van der Waals surface area contributed by atoms with Gasteiger partial charge in [-0.25, -0.2) is 0 Å². The van der Waals surface area contributed by atoms with E-state index in [0.29, 0.717) is 0 Å². The Kier molecular flexibility index (Phi) is 5.84. The molecule has 1 rings (SSSR count). The van der Waals surface area contributed by atoms with Gasteiger partial charge in [0.1, 0.15) is 5.75 Å². The Morgan fingerprint density at radius 3 is 2.42 bits per heavy atom. The van der Waals surface area contributed by atoms with Gasteiger partial charge in [0.2, 0.25) is 0 Å². The van der Waals surface area contributed by atoms with Gasteiger partial charge in [-0.05, 0) is 51.3 Å². The van der Waals surface area contributed by atoms with Gasteiger partial charge in [0.15, 0.2) is 0 Å². The average Bonchev–Trinajstić information content (AvgIpc) is 2.36. The third-order valence-corrected chi connectivity index (χ3v) is 2.95. The minimum Gasteiger partial charge on any atom is -0.497 e. The van der Waals surface area contributed by atoms with Gasteiger partial charge in [-0.15, -0.1) is 0 Å². The van der Waals surface area contributed by atoms with E-state index in [0.717, 1.165) is 24.2 Å². The molecule has 1 aromatic rings. The fourth-order valence-electron chi connectivity index (χ4n) is 1.73. The van der Waals surface area contributed by atoms with E-state index in [1.807, 2.05) is 43.3 Å². The van der Waals surface area contributed by atoms with Crippen LogP contribution < -0.4 is 4.74 Å². The second-order valence-electron chi connectivity index (χ2n) is 5.28. The minimum absolute atomic E-state index is 0.727. The van der Waals surface area contributed by atoms with Crippen molar-refractivity contribution in [3.8, 4) is 5.75 Å². The molecule has 0 aliphatic rings. The number of methoxy groups -OCH3 is 1. The van der Waals surface area contributed by atoms with Crippen LogP contribution in [0.2, 0.25) is 0 Å². The zero-order valence-corrected chi connectivity index (χ0v) is 12.3. The van der Waals surface area contributed by atoms with Crippen LogP contribution in [0, 0.1) is 0 Å². The monoisotopic (exact) mass is 260 g/mol. The van der Waals surface area contributed by atoms with E-state index in [1.54, 1.807) is 7.11 Å². The van der Waals surface area contributed by atoms with E-state index in [1.165, 1.54) is 5.57 Å². The molecule has 0 saturated heterocycles. The second-order valence-corrected chi connectivity index (χ2v) is 5.28. The molecule has 19 heavy (non-hydrogen) atoms. The number of hydrogen-bond donors (Lipinski definition) is 1. The maximum absolute atomic E-state index is 10.2. The first-order valence-corrected chi connectivity index (χ1v) is 6.62. The van der Waals surface area contributed by atoms with Crippen molar-refractivity contribution in [3.63, 3.8) is 0 Å². The van der Waals surface area contributed by atoms with Crippen molar-refractivity contribution in [2.75, 3.05) is 7.11 Å². The summed E-state index contributed by atoms with van der Waals surface area (Å²) < 4.78 is 5.11. The molecule has 0 bridgehead atoms. The second kappa shape index (κ2) is 7.15. The quantitative estimate of drug-likeness (QED) is 0.776. The lowest BCUT2D eigenvalue weighted by Gasteiger charge is -2.17. The number of allylic oxidation sites excluding steroid dienone is 2. The lowest BCUT2D eigenvalue weighted by molar-refractivity contribution is 0.104. The predicted octanol–water partition coefficient (Wildman–Crippen LogP) is 4.21. The van der Waals surface area contributed by atoms with Gasteiger partial charge < -0.3 is 9.84 Å². The number of aliphatic hydroxyl groups is 1. The first kappa shape index (κ1) is 15.5. The lowest BCUT2D eigenvalue weighted by atomic mass is 9.98. The van der Waals surface area contributed by atoms with Gasteiger partial charge in [-0.1, -0.05) is 35.9 Å². The highest BCUT2D eigenvalue weighted by Crippen LogP contribution is 2.18. The molecule has 0 aliphatic heterocycles. The molecule has 1 aromatic carbocycles. The van der Waals surface area contributed by atoms with Crippen molar-refractivity contribution in [1.29, 1.82) is 0 Å². The van der Waals surface area contributed by atoms with Gasteiger partial charge in [-0.2, -0.15) is 0 Å². The van der Waals surface area contributed by atoms with Gasteiger partial charge >= 0.3 is 0 Å². The van der Waals surface area contributed by atoms with E-state index < -0.39 is 5.60 Å². The number of benzene rings is 1. The zero-order chi connectivity index (χ0) is 14.3. The fraction of sp³-hybridized carbons (Fsp3) is 0.412. The summed E-state index contributed by atoms with van der Waals surface area (Å²) in [6.45, 7) is 5.98. The van der Waals surface area contributed by atoms with E-state index >= 15 is 0 Å². The maximum Gasteiger partial charge on any atom is 0.118 e. The normalized spacial score (nSPS) is 14.2. The smallest absolute Gasteiger partial charge is 0.118 e. The van der Waals surface area contributed by atoms with Crippen molar-refractivity contribution in [1.82, 2.24) is 0 Å². The molecule has 104 valence electrons. The minimum atomic E-state index is -0.772. The van der Waals surface area contributed by atoms with Crippen LogP contribution in [0.4, 0.5) is 0 Å². The van der Waals surface area contributed by atoms with Crippen molar-refractivity contribution in [2.24, 2.45) is 0 Å². The maximum atomic E-state index is 10.2. The molecule has 1 N–H and O–H groups in total. The molecule has 0 amide bonds. The Bertz CT molecular complexity index is 435. The van der Waals surface area contributed by atoms with Crippen LogP contribution in [-0.4, -0.2) is 17.8 Å². The Hall–Kier alpha value is -1.54. The third kappa shape index (κ3) is 6.25. The topological polar surface area (TPSA) is 29.5 Å². The SMILES string of the molecule is COc1ccc(/C=C/C(C)(O)CCC=C(C)C)cc1. The summed E-state index contributed by atoms with van der Waals surface area (Å²) in [6.07, 6.45) is 7.57. The zero-order valence-electron chi connectivity index (χ0n) is 12.3. The summed E-state index contributed by atoms with van der Waals surface area (Å²) in [6, 6.07) is 7.78. The Balaban J connectivity index is 2.59. The Morgan fingerprint density at radius 1 is 1.26 bits per heavy atom. The molecular formula is C17H24O2. The highest BCUT2D eigenvalue weighted by molar-refractivity contribution is 5.51. The van der Waals surface area contributed by atoms with Crippen LogP contribution in [0.25, 0.3) is 6.08 Å². The molecule has 0 aromatic heterocycles. The standard InChI is InChI=1S/C17H24O2/c1-14(2)6-5-12-17(3,18)13-11-15-7-9-16(19-4)10-8-15/h6-11,13,18H,5,12H2,1-4H3/b13-11+. The van der Waals surface area contributed by atoms with Crippen molar-refractivity contribution in [3.05, 3.63) is 47.6 Å². The molecule has 0 spiro atoms. The summed E-state index contributed by atoms with van der Waals surface area (Å²) in [5.74, 6) is 0.840. The molecule has 2 nitrogen and oxygen atoms in total. The van der Waals surface area contributed by atoms with Crippen LogP contribution >= 0.6 is 0 Å². The number of rotatable bonds is 6. The lowest BCUT2D eigenvalue weighted by Crippen LogP contribution is -2.19. The van der Waals surface area contributed by atoms with Gasteiger partial charge in [0.25, 0.3) is 0 Å². The molecule has 0 aliphatic carbocycles. The molecular weight excluding hydrogens is 236 g/mol. The fourth-order valence-corrected chi connectivity index (χ4v) is 1.73. The van der Waals surface area contributed by atoms with Crippen LogP contribution in [0.15, 0.2) is 42.0 Å². The van der Waals surface area contributed by atoms with E-state index in [9.17, 15) is 5.11 Å². The highest BCUT2D eigenvalue weighted by Gasteiger charge is 2.14. The van der Waals surface area contributed by atoms with Crippen molar-refractivity contribution < 1.29 is 9.84 Å².